The van der Waals surface area contributed by atoms with Crippen molar-refractivity contribution >= 4 is 29.9 Å². The van der Waals surface area contributed by atoms with Gasteiger partial charge in [0.15, 0.2) is 5.96 Å². The number of guanidine groups is 1. The summed E-state index contributed by atoms with van der Waals surface area (Å²) >= 11 is 0. The number of hydrogen-bond acceptors (Lipinski definition) is 4. The lowest BCUT2D eigenvalue weighted by Crippen LogP contribution is -2.44. The molecule has 1 unspecified atom stereocenters. The summed E-state index contributed by atoms with van der Waals surface area (Å²) in [5.74, 6) is 3.30. The van der Waals surface area contributed by atoms with E-state index in [1.165, 1.54) is 24.8 Å². The van der Waals surface area contributed by atoms with E-state index in [1.807, 2.05) is 31.6 Å². The summed E-state index contributed by atoms with van der Waals surface area (Å²) in [5, 5.41) is 6.98. The molecule has 0 radical (unpaired) electrons. The minimum absolute atomic E-state index is 0. The highest BCUT2D eigenvalue weighted by Crippen LogP contribution is 2.25. The van der Waals surface area contributed by atoms with Crippen molar-refractivity contribution in [3.63, 3.8) is 0 Å². The molecule has 0 spiro atoms. The first kappa shape index (κ1) is 26.4. The molecule has 3 rings (SSSR count). The zero-order valence-corrected chi connectivity index (χ0v) is 22.2. The van der Waals surface area contributed by atoms with E-state index in [9.17, 15) is 0 Å². The van der Waals surface area contributed by atoms with Gasteiger partial charge in [-0.25, -0.2) is 4.98 Å². The highest BCUT2D eigenvalue weighted by Gasteiger charge is 2.22. The quantitative estimate of drug-likeness (QED) is 0.278. The van der Waals surface area contributed by atoms with Crippen molar-refractivity contribution in [1.29, 1.82) is 0 Å². The Morgan fingerprint density at radius 1 is 1.12 bits per heavy atom. The summed E-state index contributed by atoms with van der Waals surface area (Å²) in [6.45, 7) is 9.13. The van der Waals surface area contributed by atoms with Gasteiger partial charge in [0.25, 0.3) is 0 Å². The SMILES string of the molecule is CN=C(NCc1nccn1CC(C)C)NCC(c1ccc(OC)cc1)N1CCCCC1.I. The van der Waals surface area contributed by atoms with Crippen LogP contribution in [0.3, 0.4) is 0 Å². The van der Waals surface area contributed by atoms with E-state index in [0.29, 0.717) is 18.5 Å². The first-order valence-electron chi connectivity index (χ1n) is 11.4. The van der Waals surface area contributed by atoms with Crippen LogP contribution in [0.1, 0.15) is 50.5 Å². The Morgan fingerprint density at radius 2 is 1.84 bits per heavy atom. The van der Waals surface area contributed by atoms with Gasteiger partial charge in [-0.2, -0.15) is 0 Å². The molecule has 0 aliphatic carbocycles. The van der Waals surface area contributed by atoms with Crippen LogP contribution in [-0.4, -0.2) is 54.2 Å². The smallest absolute Gasteiger partial charge is 0.191 e. The van der Waals surface area contributed by atoms with Crippen LogP contribution in [0.15, 0.2) is 41.7 Å². The Balaban J connectivity index is 0.00000363. The molecule has 2 N–H and O–H groups in total. The highest BCUT2D eigenvalue weighted by atomic mass is 127. The maximum Gasteiger partial charge on any atom is 0.191 e. The van der Waals surface area contributed by atoms with Gasteiger partial charge in [-0.3, -0.25) is 9.89 Å². The summed E-state index contributed by atoms with van der Waals surface area (Å²) in [4.78, 5) is 11.5. The largest absolute Gasteiger partial charge is 0.497 e. The maximum atomic E-state index is 5.34. The molecule has 2 aromatic rings. The van der Waals surface area contributed by atoms with E-state index in [4.69, 9.17) is 4.74 Å². The number of hydrogen-bond donors (Lipinski definition) is 2. The van der Waals surface area contributed by atoms with E-state index >= 15 is 0 Å². The van der Waals surface area contributed by atoms with Gasteiger partial charge < -0.3 is 19.9 Å². The standard InChI is InChI=1S/C24H38N6O.HI/c1-19(2)18-30-15-12-26-23(30)17-28-24(25-3)27-16-22(29-13-6-5-7-14-29)20-8-10-21(31-4)11-9-20;/h8-12,15,19,22H,5-7,13-14,16-18H2,1-4H3,(H2,25,27,28);1H. The van der Waals surface area contributed by atoms with Gasteiger partial charge in [0, 0.05) is 32.5 Å². The normalized spacial score (nSPS) is 15.8. The van der Waals surface area contributed by atoms with E-state index in [2.05, 4.69) is 56.1 Å². The predicted octanol–water partition coefficient (Wildman–Crippen LogP) is 4.06. The first-order chi connectivity index (χ1) is 15.1. The molecule has 1 fully saturated rings. The number of rotatable bonds is 9. The fourth-order valence-electron chi connectivity index (χ4n) is 4.16. The van der Waals surface area contributed by atoms with Gasteiger partial charge in [-0.05, 0) is 49.5 Å². The van der Waals surface area contributed by atoms with E-state index in [-0.39, 0.29) is 24.0 Å². The first-order valence-corrected chi connectivity index (χ1v) is 11.4. The van der Waals surface area contributed by atoms with E-state index < -0.39 is 0 Å². The van der Waals surface area contributed by atoms with Gasteiger partial charge in [-0.1, -0.05) is 32.4 Å². The highest BCUT2D eigenvalue weighted by molar-refractivity contribution is 14.0. The third-order valence-electron chi connectivity index (χ3n) is 5.80. The van der Waals surface area contributed by atoms with Gasteiger partial charge in [0.2, 0.25) is 0 Å². The van der Waals surface area contributed by atoms with Crippen LogP contribution in [0, 0.1) is 5.92 Å². The van der Waals surface area contributed by atoms with Crippen molar-refractivity contribution in [2.45, 2.75) is 52.2 Å². The number of nitrogens with zero attached hydrogens (tertiary/aromatic N) is 4. The van der Waals surface area contributed by atoms with Crippen LogP contribution in [-0.2, 0) is 13.1 Å². The summed E-state index contributed by atoms with van der Waals surface area (Å²) in [6, 6.07) is 8.76. The number of aliphatic imine (C=N–C) groups is 1. The fraction of sp³-hybridized carbons (Fsp3) is 0.583. The molecule has 1 aromatic carbocycles. The molecule has 0 bridgehead atoms. The van der Waals surface area contributed by atoms with Crippen LogP contribution in [0.4, 0.5) is 0 Å². The molecular weight excluding hydrogens is 515 g/mol. The summed E-state index contributed by atoms with van der Waals surface area (Å²) in [7, 11) is 3.53. The van der Waals surface area contributed by atoms with Crippen molar-refractivity contribution in [3.8, 4) is 5.75 Å². The Kier molecular flexibility index (Phi) is 11.3. The molecule has 0 amide bonds. The lowest BCUT2D eigenvalue weighted by atomic mass is 10.0. The second-order valence-corrected chi connectivity index (χ2v) is 8.58. The third-order valence-corrected chi connectivity index (χ3v) is 5.80. The molecule has 1 aliphatic rings. The third kappa shape index (κ3) is 7.65. The summed E-state index contributed by atoms with van der Waals surface area (Å²) < 4.78 is 7.55. The van der Waals surface area contributed by atoms with Crippen molar-refractivity contribution in [2.24, 2.45) is 10.9 Å². The van der Waals surface area contributed by atoms with Crippen molar-refractivity contribution in [2.75, 3.05) is 33.8 Å². The predicted molar refractivity (Wildman–Crippen MR) is 142 cm³/mol. The number of benzene rings is 1. The van der Waals surface area contributed by atoms with E-state index in [1.54, 1.807) is 7.11 Å². The molecule has 7 nitrogen and oxygen atoms in total. The monoisotopic (exact) mass is 554 g/mol. The molecular formula is C24H39IN6O. The molecule has 178 valence electrons. The Bertz CT molecular complexity index is 814. The molecule has 1 saturated heterocycles. The molecule has 2 heterocycles. The van der Waals surface area contributed by atoms with Crippen LogP contribution in [0.25, 0.3) is 0 Å². The Morgan fingerprint density at radius 3 is 2.47 bits per heavy atom. The lowest BCUT2D eigenvalue weighted by molar-refractivity contribution is 0.164. The number of halogens is 1. The molecule has 0 saturated carbocycles. The lowest BCUT2D eigenvalue weighted by Gasteiger charge is -2.35. The molecule has 8 heteroatoms. The molecule has 1 aliphatic heterocycles. The number of imidazole rings is 1. The average molecular weight is 555 g/mol. The summed E-state index contributed by atoms with van der Waals surface area (Å²) in [6.07, 6.45) is 7.76. The molecule has 1 atom stereocenters. The average Bonchev–Trinajstić information content (AvgIpc) is 3.23. The second kappa shape index (κ2) is 13.7. The van der Waals surface area contributed by atoms with Crippen molar-refractivity contribution in [1.82, 2.24) is 25.1 Å². The van der Waals surface area contributed by atoms with Crippen LogP contribution in [0.2, 0.25) is 0 Å². The van der Waals surface area contributed by atoms with E-state index in [0.717, 1.165) is 43.7 Å². The Hall–Kier alpha value is -1.81. The number of likely N-dealkylation sites (tertiary alicyclic amines) is 1. The minimum atomic E-state index is 0. The van der Waals surface area contributed by atoms with Gasteiger partial charge in [0.05, 0.1) is 19.7 Å². The number of ether oxygens (including phenoxy) is 1. The number of piperidine rings is 1. The van der Waals surface area contributed by atoms with Crippen molar-refractivity contribution < 1.29 is 4.74 Å². The number of methoxy groups -OCH3 is 1. The second-order valence-electron chi connectivity index (χ2n) is 8.58. The zero-order valence-electron chi connectivity index (χ0n) is 19.9. The molecule has 32 heavy (non-hydrogen) atoms. The summed E-state index contributed by atoms with van der Waals surface area (Å²) in [5.41, 5.74) is 1.30. The topological polar surface area (TPSA) is 66.7 Å². The zero-order chi connectivity index (χ0) is 22.1. The minimum Gasteiger partial charge on any atom is -0.497 e. The van der Waals surface area contributed by atoms with Crippen molar-refractivity contribution in [3.05, 3.63) is 48.0 Å². The van der Waals surface area contributed by atoms with Gasteiger partial charge in [0.1, 0.15) is 11.6 Å². The number of nitrogens with one attached hydrogen (secondary N) is 2. The van der Waals surface area contributed by atoms with Gasteiger partial charge in [-0.15, -0.1) is 24.0 Å². The maximum absolute atomic E-state index is 5.34. The van der Waals surface area contributed by atoms with Crippen LogP contribution < -0.4 is 15.4 Å². The number of aromatic nitrogens is 2. The van der Waals surface area contributed by atoms with Crippen LogP contribution >= 0.6 is 24.0 Å². The van der Waals surface area contributed by atoms with Gasteiger partial charge >= 0.3 is 0 Å². The Labute approximate surface area is 210 Å². The van der Waals surface area contributed by atoms with Crippen LogP contribution in [0.5, 0.6) is 5.75 Å². The molecule has 1 aromatic heterocycles. The fourth-order valence-corrected chi connectivity index (χ4v) is 4.16.